The van der Waals surface area contributed by atoms with Crippen molar-refractivity contribution in [2.24, 2.45) is 0 Å². The minimum atomic E-state index is 1.20. The van der Waals surface area contributed by atoms with Crippen LogP contribution in [0.5, 0.6) is 0 Å². The van der Waals surface area contributed by atoms with Gasteiger partial charge in [0.15, 0.2) is 0 Å². The average molecular weight is 885 g/mol. The summed E-state index contributed by atoms with van der Waals surface area (Å²) in [5.41, 5.74) is 14.7. The molecule has 0 bridgehead atoms. The third kappa shape index (κ3) is 6.76. The predicted molar refractivity (Wildman–Crippen MR) is 302 cm³/mol. The molecule has 0 amide bonds. The number of fused-ring (bicyclic) bond motifs is 7. The maximum absolute atomic E-state index is 2.38. The van der Waals surface area contributed by atoms with Gasteiger partial charge in [0, 0.05) is 0 Å². The molecule has 0 aliphatic rings. The van der Waals surface area contributed by atoms with E-state index in [1.165, 1.54) is 142 Å². The van der Waals surface area contributed by atoms with Gasteiger partial charge in [-0.3, -0.25) is 0 Å². The largest absolute Gasteiger partial charge is 0.0616 e. The van der Waals surface area contributed by atoms with Gasteiger partial charge in [0.25, 0.3) is 0 Å². The van der Waals surface area contributed by atoms with E-state index >= 15 is 0 Å². The second kappa shape index (κ2) is 16.3. The first kappa shape index (κ1) is 40.0. The van der Waals surface area contributed by atoms with E-state index < -0.39 is 0 Å². The fourth-order valence-corrected chi connectivity index (χ4v) is 11.3. The zero-order valence-corrected chi connectivity index (χ0v) is 38.4. The van der Waals surface area contributed by atoms with Crippen molar-refractivity contribution in [2.75, 3.05) is 0 Å². The smallest absolute Gasteiger partial charge is 0.00206 e. The summed E-state index contributed by atoms with van der Waals surface area (Å²) in [6, 6.07) is 99.2. The van der Waals surface area contributed by atoms with Gasteiger partial charge in [0.2, 0.25) is 0 Å². The molecule has 0 aliphatic carbocycles. The van der Waals surface area contributed by atoms with Gasteiger partial charge in [-0.05, 0) is 179 Å². The number of hydrogen-bond acceptors (Lipinski definition) is 0. The first-order valence-electron chi connectivity index (χ1n) is 24.3. The molecule has 0 saturated heterocycles. The molecule has 0 N–H and O–H groups in total. The van der Waals surface area contributed by atoms with Crippen LogP contribution in [0.4, 0.5) is 0 Å². The van der Waals surface area contributed by atoms with Gasteiger partial charge in [-0.2, -0.15) is 0 Å². The van der Waals surface area contributed by atoms with Crippen LogP contribution in [-0.4, -0.2) is 0 Å². The summed E-state index contributed by atoms with van der Waals surface area (Å²) in [6.07, 6.45) is 0. The Labute approximate surface area is 407 Å². The van der Waals surface area contributed by atoms with Crippen LogP contribution in [0.15, 0.2) is 267 Å². The van der Waals surface area contributed by atoms with Crippen LogP contribution < -0.4 is 0 Å². The lowest BCUT2D eigenvalue weighted by atomic mass is 9.85. The summed E-state index contributed by atoms with van der Waals surface area (Å²) in [5.74, 6) is 0. The van der Waals surface area contributed by atoms with E-state index in [0.29, 0.717) is 0 Å². The Morgan fingerprint density at radius 2 is 0.371 bits per heavy atom. The molecule has 0 unspecified atom stereocenters. The summed E-state index contributed by atoms with van der Waals surface area (Å²) >= 11 is 0. The normalized spacial score (nSPS) is 11.7. The summed E-state index contributed by atoms with van der Waals surface area (Å²) in [5, 5.41) is 17.4. The van der Waals surface area contributed by atoms with Crippen molar-refractivity contribution < 1.29 is 0 Å². The van der Waals surface area contributed by atoms with E-state index in [2.05, 4.69) is 267 Å². The predicted octanol–water partition coefficient (Wildman–Crippen LogP) is 19.8. The van der Waals surface area contributed by atoms with Crippen molar-refractivity contribution in [2.45, 2.75) is 0 Å². The van der Waals surface area contributed by atoms with Crippen LogP contribution in [-0.2, 0) is 0 Å². The Balaban J connectivity index is 0.914. The van der Waals surface area contributed by atoms with Gasteiger partial charge >= 0.3 is 0 Å². The van der Waals surface area contributed by atoms with Crippen molar-refractivity contribution in [1.82, 2.24) is 0 Å². The molecular weight excluding hydrogens is 841 g/mol. The maximum atomic E-state index is 2.38. The first-order chi connectivity index (χ1) is 34.7. The lowest BCUT2D eigenvalue weighted by molar-refractivity contribution is 1.63. The van der Waals surface area contributed by atoms with E-state index in [0.717, 1.165) is 0 Å². The van der Waals surface area contributed by atoms with Crippen molar-refractivity contribution >= 4 is 75.4 Å². The molecule has 0 atom stereocenters. The molecular formula is C70H44. The van der Waals surface area contributed by atoms with E-state index in [4.69, 9.17) is 0 Å². The third-order valence-electron chi connectivity index (χ3n) is 14.8. The van der Waals surface area contributed by atoms with Crippen LogP contribution in [0.1, 0.15) is 0 Å². The SMILES string of the molecule is c1ccc2cc(-c3cccc4c(-c5ccc6cc(-c7ccc(-c8ccc9ccccc9c8)c8c(-c9ccc%10ccccc%10c9)cccc78)ccc6c5)ccc(-c5ccc6ccccc6c5)c34)ccc2c1. The first-order valence-corrected chi connectivity index (χ1v) is 24.3. The summed E-state index contributed by atoms with van der Waals surface area (Å²) in [7, 11) is 0. The number of benzene rings is 14. The fraction of sp³-hybridized carbons (Fsp3) is 0. The second-order valence-electron chi connectivity index (χ2n) is 18.8. The molecule has 70 heavy (non-hydrogen) atoms. The highest BCUT2D eigenvalue weighted by molar-refractivity contribution is 6.15. The molecule has 0 spiro atoms. The molecule has 0 aromatic heterocycles. The highest BCUT2D eigenvalue weighted by Crippen LogP contribution is 2.45. The maximum Gasteiger partial charge on any atom is -0.00206 e. The zero-order valence-electron chi connectivity index (χ0n) is 38.4. The van der Waals surface area contributed by atoms with Crippen LogP contribution in [0.2, 0.25) is 0 Å². The third-order valence-corrected chi connectivity index (χ3v) is 14.8. The molecule has 0 saturated carbocycles. The molecule has 0 aliphatic heterocycles. The molecule has 324 valence electrons. The Hall–Kier alpha value is -9.10. The van der Waals surface area contributed by atoms with Crippen molar-refractivity contribution in [3.05, 3.63) is 267 Å². The average Bonchev–Trinajstić information content (AvgIpc) is 3.43. The Bertz CT molecular complexity index is 3960. The number of hydrogen-bond donors (Lipinski definition) is 0. The van der Waals surface area contributed by atoms with Gasteiger partial charge < -0.3 is 0 Å². The second-order valence-corrected chi connectivity index (χ2v) is 18.8. The lowest BCUT2D eigenvalue weighted by Crippen LogP contribution is -1.91. The van der Waals surface area contributed by atoms with Crippen LogP contribution >= 0.6 is 0 Å². The topological polar surface area (TPSA) is 0 Å². The van der Waals surface area contributed by atoms with Crippen LogP contribution in [0.3, 0.4) is 0 Å². The molecule has 0 heterocycles. The standard InChI is InChI=1S/C70H44/c1-5-15-49-39-57(29-23-45(49)11-1)63-19-9-21-67-61(35-37-65(69(63)67)59-31-25-47-13-3-7-17-51(47)41-59)55-33-27-54-44-56(34-28-53(54)43-55)62-36-38-66(60-32-26-48-14-4-8-18-52(48)42-60)70-64(20-10-22-68(62)70)58-30-24-46-12-2-6-16-50(46)40-58/h1-44H. The summed E-state index contributed by atoms with van der Waals surface area (Å²) in [6.45, 7) is 0. The van der Waals surface area contributed by atoms with Crippen molar-refractivity contribution in [3.63, 3.8) is 0 Å². The van der Waals surface area contributed by atoms with E-state index in [1.807, 2.05) is 0 Å². The monoisotopic (exact) mass is 884 g/mol. The number of rotatable bonds is 6. The quantitative estimate of drug-likeness (QED) is 0.156. The molecule has 0 fully saturated rings. The fourth-order valence-electron chi connectivity index (χ4n) is 11.3. The molecule has 14 aromatic rings. The van der Waals surface area contributed by atoms with E-state index in [9.17, 15) is 0 Å². The van der Waals surface area contributed by atoms with Crippen LogP contribution in [0.25, 0.3) is 142 Å². The highest BCUT2D eigenvalue weighted by Gasteiger charge is 2.18. The van der Waals surface area contributed by atoms with Gasteiger partial charge in [-0.1, -0.05) is 231 Å². The molecule has 14 aromatic carbocycles. The van der Waals surface area contributed by atoms with Crippen molar-refractivity contribution in [3.8, 4) is 66.8 Å². The Kier molecular flexibility index (Phi) is 9.32. The lowest BCUT2D eigenvalue weighted by Gasteiger charge is -2.18. The molecule has 0 radical (unpaired) electrons. The molecule has 0 nitrogen and oxygen atoms in total. The minimum Gasteiger partial charge on any atom is -0.0616 e. The molecule has 14 rings (SSSR count). The highest BCUT2D eigenvalue weighted by atomic mass is 14.2. The van der Waals surface area contributed by atoms with Crippen LogP contribution in [0, 0.1) is 0 Å². The Morgan fingerprint density at radius 3 is 0.686 bits per heavy atom. The van der Waals surface area contributed by atoms with Crippen molar-refractivity contribution in [1.29, 1.82) is 0 Å². The van der Waals surface area contributed by atoms with E-state index in [-0.39, 0.29) is 0 Å². The summed E-state index contributed by atoms with van der Waals surface area (Å²) in [4.78, 5) is 0. The van der Waals surface area contributed by atoms with Gasteiger partial charge in [0.05, 0.1) is 0 Å². The van der Waals surface area contributed by atoms with Gasteiger partial charge in [0.1, 0.15) is 0 Å². The van der Waals surface area contributed by atoms with Gasteiger partial charge in [-0.25, -0.2) is 0 Å². The van der Waals surface area contributed by atoms with E-state index in [1.54, 1.807) is 0 Å². The Morgan fingerprint density at radius 1 is 0.143 bits per heavy atom. The minimum absolute atomic E-state index is 1.20. The summed E-state index contributed by atoms with van der Waals surface area (Å²) < 4.78 is 0. The zero-order chi connectivity index (χ0) is 46.1. The molecule has 0 heteroatoms. The van der Waals surface area contributed by atoms with Gasteiger partial charge in [-0.15, -0.1) is 0 Å².